The van der Waals surface area contributed by atoms with Gasteiger partial charge < -0.3 is 24.4 Å². The fraction of sp³-hybridized carbons (Fsp3) is 0.667. The van der Waals surface area contributed by atoms with Crippen LogP contribution >= 0.6 is 0 Å². The molecule has 2 aliphatic heterocycles. The third-order valence-electron chi connectivity index (χ3n) is 6.85. The van der Waals surface area contributed by atoms with E-state index in [-0.39, 0.29) is 0 Å². The summed E-state index contributed by atoms with van der Waals surface area (Å²) in [5.41, 5.74) is 1.55. The number of nitrogens with zero attached hydrogens (tertiary/aromatic N) is 2. The van der Waals surface area contributed by atoms with Crippen LogP contribution in [0.5, 0.6) is 11.5 Å². The topological polar surface area (TPSA) is 55.3 Å². The van der Waals surface area contributed by atoms with E-state index in [9.17, 15) is 0 Å². The third-order valence-corrected chi connectivity index (χ3v) is 6.85. The monoisotopic (exact) mass is 371 g/mol. The Morgan fingerprint density at radius 3 is 2.93 bits per heavy atom. The van der Waals surface area contributed by atoms with Crippen LogP contribution in [0.4, 0.5) is 0 Å². The van der Waals surface area contributed by atoms with Crippen LogP contribution < -0.4 is 14.8 Å². The van der Waals surface area contributed by atoms with Gasteiger partial charge in [-0.2, -0.15) is 0 Å². The normalized spacial score (nSPS) is 29.9. The van der Waals surface area contributed by atoms with Crippen molar-refractivity contribution >= 4 is 5.96 Å². The molecule has 6 heteroatoms. The second-order valence-corrected chi connectivity index (χ2v) is 8.29. The zero-order chi connectivity index (χ0) is 18.4. The largest absolute Gasteiger partial charge is 0.454 e. The van der Waals surface area contributed by atoms with Crippen molar-refractivity contribution in [1.82, 2.24) is 10.2 Å². The maximum Gasteiger partial charge on any atom is 0.231 e. The lowest BCUT2D eigenvalue weighted by Gasteiger charge is -2.63. The van der Waals surface area contributed by atoms with Gasteiger partial charge in [-0.3, -0.25) is 4.99 Å². The summed E-state index contributed by atoms with van der Waals surface area (Å²) in [5.74, 6) is 3.31. The maximum absolute atomic E-state index is 6.06. The highest BCUT2D eigenvalue weighted by Crippen LogP contribution is 2.62. The summed E-state index contributed by atoms with van der Waals surface area (Å²) in [5, 5.41) is 3.83. The van der Waals surface area contributed by atoms with Crippen molar-refractivity contribution in [3.8, 4) is 11.5 Å². The van der Waals surface area contributed by atoms with Gasteiger partial charge in [-0.1, -0.05) is 12.5 Å². The van der Waals surface area contributed by atoms with E-state index in [1.165, 1.54) is 31.2 Å². The van der Waals surface area contributed by atoms with Gasteiger partial charge in [0.1, 0.15) is 0 Å². The Bertz CT molecular complexity index is 746. The van der Waals surface area contributed by atoms with Crippen LogP contribution in [-0.2, 0) is 11.3 Å². The first-order valence-corrected chi connectivity index (χ1v) is 10.2. The quantitative estimate of drug-likeness (QED) is 0.652. The predicted octanol–water partition coefficient (Wildman–Crippen LogP) is 2.77. The van der Waals surface area contributed by atoms with Crippen molar-refractivity contribution in [2.24, 2.45) is 16.3 Å². The molecule has 2 heterocycles. The van der Waals surface area contributed by atoms with Crippen LogP contribution in [0.3, 0.4) is 0 Å². The molecule has 2 saturated carbocycles. The van der Waals surface area contributed by atoms with E-state index in [0.717, 1.165) is 37.2 Å². The Hall–Kier alpha value is -1.95. The molecule has 0 aromatic heterocycles. The molecule has 0 bridgehead atoms. The fourth-order valence-corrected chi connectivity index (χ4v) is 5.41. The van der Waals surface area contributed by atoms with Crippen LogP contribution in [0.15, 0.2) is 23.2 Å². The SMILES string of the molecule is CCN=C(NC1C2CCOC2C12CCC2)N(C)Cc1ccc2c(c1)OCO2. The van der Waals surface area contributed by atoms with Crippen LogP contribution in [0, 0.1) is 11.3 Å². The smallest absolute Gasteiger partial charge is 0.231 e. The minimum absolute atomic E-state index is 0.313. The highest BCUT2D eigenvalue weighted by atomic mass is 16.7. The first kappa shape index (κ1) is 17.2. The van der Waals surface area contributed by atoms with E-state index < -0.39 is 0 Å². The van der Waals surface area contributed by atoms with Crippen molar-refractivity contribution in [3.05, 3.63) is 23.8 Å². The summed E-state index contributed by atoms with van der Waals surface area (Å²) in [6.07, 6.45) is 5.56. The molecule has 3 unspecified atom stereocenters. The fourth-order valence-electron chi connectivity index (χ4n) is 5.41. The first-order valence-electron chi connectivity index (χ1n) is 10.2. The summed E-state index contributed by atoms with van der Waals surface area (Å²) >= 11 is 0. The molecule has 1 aromatic rings. The number of nitrogens with one attached hydrogen (secondary N) is 1. The molecular formula is C21H29N3O3. The molecule has 6 nitrogen and oxygen atoms in total. The van der Waals surface area contributed by atoms with E-state index in [4.69, 9.17) is 19.2 Å². The van der Waals surface area contributed by atoms with Crippen molar-refractivity contribution in [2.75, 3.05) is 27.0 Å². The van der Waals surface area contributed by atoms with Gasteiger partial charge in [0.05, 0.1) is 6.10 Å². The number of rotatable bonds is 4. The Morgan fingerprint density at radius 1 is 1.30 bits per heavy atom. The average Bonchev–Trinajstić information content (AvgIpc) is 3.24. The van der Waals surface area contributed by atoms with Crippen LogP contribution in [0.1, 0.15) is 38.2 Å². The van der Waals surface area contributed by atoms with Crippen LogP contribution in [-0.4, -0.2) is 50.0 Å². The first-order chi connectivity index (χ1) is 13.2. The molecule has 5 rings (SSSR count). The Balaban J connectivity index is 1.30. The molecule has 1 saturated heterocycles. The van der Waals surface area contributed by atoms with E-state index in [1.54, 1.807) is 0 Å². The van der Waals surface area contributed by atoms with Gasteiger partial charge in [0.2, 0.25) is 6.79 Å². The molecule has 0 radical (unpaired) electrons. The molecule has 1 spiro atoms. The molecule has 1 aromatic carbocycles. The van der Waals surface area contributed by atoms with Gasteiger partial charge >= 0.3 is 0 Å². The molecule has 1 N–H and O–H groups in total. The van der Waals surface area contributed by atoms with Gasteiger partial charge in [-0.15, -0.1) is 0 Å². The van der Waals surface area contributed by atoms with Gasteiger partial charge in [-0.25, -0.2) is 0 Å². The predicted molar refractivity (Wildman–Crippen MR) is 103 cm³/mol. The lowest BCUT2D eigenvalue weighted by molar-refractivity contribution is -0.171. The van der Waals surface area contributed by atoms with E-state index >= 15 is 0 Å². The summed E-state index contributed by atoms with van der Waals surface area (Å²) in [4.78, 5) is 7.01. The lowest BCUT2D eigenvalue weighted by Crippen LogP contribution is -2.72. The lowest BCUT2D eigenvalue weighted by atomic mass is 9.46. The Kier molecular flexibility index (Phi) is 4.19. The number of aliphatic imine (C=N–C) groups is 1. The Labute approximate surface area is 160 Å². The molecule has 3 atom stereocenters. The Morgan fingerprint density at radius 2 is 2.15 bits per heavy atom. The van der Waals surface area contributed by atoms with Crippen molar-refractivity contribution in [1.29, 1.82) is 0 Å². The summed E-state index contributed by atoms with van der Waals surface area (Å²) in [7, 11) is 2.11. The average molecular weight is 371 g/mol. The highest BCUT2D eigenvalue weighted by molar-refractivity contribution is 5.80. The van der Waals surface area contributed by atoms with Gasteiger partial charge in [0.25, 0.3) is 0 Å². The zero-order valence-electron chi connectivity index (χ0n) is 16.2. The standard InChI is InChI=1S/C21H29N3O3/c1-3-22-20(23-18-15-7-10-25-19(15)21(18)8-4-9-21)24(2)12-14-5-6-16-17(11-14)27-13-26-16/h5-6,11,15,18-19H,3-4,7-10,12-13H2,1-2H3,(H,22,23). The zero-order valence-corrected chi connectivity index (χ0v) is 16.2. The number of hydrogen-bond acceptors (Lipinski definition) is 4. The summed E-state index contributed by atoms with van der Waals surface area (Å²) in [6, 6.07) is 6.67. The van der Waals surface area contributed by atoms with Gasteiger partial charge in [-0.05, 0) is 43.9 Å². The van der Waals surface area contributed by atoms with Gasteiger partial charge in [0, 0.05) is 44.1 Å². The minimum atomic E-state index is 0.313. The van der Waals surface area contributed by atoms with Crippen LogP contribution in [0.25, 0.3) is 0 Å². The van der Waals surface area contributed by atoms with E-state index in [0.29, 0.717) is 30.3 Å². The maximum atomic E-state index is 6.06. The molecular weight excluding hydrogens is 342 g/mol. The van der Waals surface area contributed by atoms with E-state index in [1.807, 2.05) is 6.07 Å². The molecule has 146 valence electrons. The highest BCUT2D eigenvalue weighted by Gasteiger charge is 2.66. The molecule has 2 aliphatic carbocycles. The summed E-state index contributed by atoms with van der Waals surface area (Å²) in [6.45, 7) is 4.89. The van der Waals surface area contributed by atoms with Crippen molar-refractivity contribution < 1.29 is 14.2 Å². The minimum Gasteiger partial charge on any atom is -0.454 e. The number of hydrogen-bond donors (Lipinski definition) is 1. The number of guanidine groups is 1. The second-order valence-electron chi connectivity index (χ2n) is 8.29. The third kappa shape index (κ3) is 2.68. The molecule has 0 amide bonds. The van der Waals surface area contributed by atoms with E-state index in [2.05, 4.69) is 36.3 Å². The summed E-state index contributed by atoms with van der Waals surface area (Å²) < 4.78 is 17.0. The van der Waals surface area contributed by atoms with Gasteiger partial charge in [0.15, 0.2) is 17.5 Å². The number of benzene rings is 1. The van der Waals surface area contributed by atoms with Crippen molar-refractivity contribution in [3.63, 3.8) is 0 Å². The number of ether oxygens (including phenoxy) is 3. The molecule has 3 fully saturated rings. The molecule has 27 heavy (non-hydrogen) atoms. The number of fused-ring (bicyclic) bond motifs is 3. The van der Waals surface area contributed by atoms with Crippen molar-refractivity contribution in [2.45, 2.75) is 51.3 Å². The van der Waals surface area contributed by atoms with Crippen LogP contribution in [0.2, 0.25) is 0 Å². The second kappa shape index (κ2) is 6.59. The molecule has 4 aliphatic rings.